The quantitative estimate of drug-likeness (QED) is 0.876. The third-order valence-electron chi connectivity index (χ3n) is 3.27. The minimum atomic E-state index is -0.475. The van der Waals surface area contributed by atoms with Crippen LogP contribution in [0.25, 0.3) is 0 Å². The van der Waals surface area contributed by atoms with Gasteiger partial charge in [0, 0.05) is 17.8 Å². The standard InChI is InChI=1S/C13H19N3O2S/c1-7(2)5-10(17)16-4-3-8-9(6-16)19-13(15)11(8)12(14)18/h7H,3-6,15H2,1-2H3,(H2,14,18). The van der Waals surface area contributed by atoms with E-state index in [1.807, 2.05) is 18.7 Å². The van der Waals surface area contributed by atoms with E-state index in [4.69, 9.17) is 11.5 Å². The van der Waals surface area contributed by atoms with Crippen LogP contribution in [0.1, 0.15) is 41.1 Å². The van der Waals surface area contributed by atoms with Crippen molar-refractivity contribution < 1.29 is 9.59 Å². The van der Waals surface area contributed by atoms with E-state index in [0.29, 0.717) is 42.4 Å². The monoisotopic (exact) mass is 281 g/mol. The lowest BCUT2D eigenvalue weighted by Crippen LogP contribution is -2.36. The largest absolute Gasteiger partial charge is 0.390 e. The number of nitrogens with zero attached hydrogens (tertiary/aromatic N) is 1. The molecule has 19 heavy (non-hydrogen) atoms. The predicted octanol–water partition coefficient (Wildman–Crippen LogP) is 1.36. The summed E-state index contributed by atoms with van der Waals surface area (Å²) in [5, 5.41) is 0.468. The second kappa shape index (κ2) is 5.21. The zero-order chi connectivity index (χ0) is 14.2. The second-order valence-corrected chi connectivity index (χ2v) is 6.41. The van der Waals surface area contributed by atoms with E-state index >= 15 is 0 Å². The molecule has 0 saturated carbocycles. The van der Waals surface area contributed by atoms with Gasteiger partial charge in [0.2, 0.25) is 5.91 Å². The fourth-order valence-electron chi connectivity index (χ4n) is 2.39. The minimum absolute atomic E-state index is 0.160. The Morgan fingerprint density at radius 2 is 2.11 bits per heavy atom. The molecule has 0 saturated heterocycles. The molecule has 0 unspecified atom stereocenters. The SMILES string of the molecule is CC(C)CC(=O)N1CCc2c(sc(N)c2C(N)=O)C1. The number of nitrogens with two attached hydrogens (primary N) is 2. The molecule has 0 atom stereocenters. The molecule has 1 aromatic heterocycles. The Morgan fingerprint density at radius 3 is 2.68 bits per heavy atom. The molecule has 104 valence electrons. The molecule has 2 amide bonds. The second-order valence-electron chi connectivity index (χ2n) is 5.27. The van der Waals surface area contributed by atoms with Crippen LogP contribution < -0.4 is 11.5 Å². The van der Waals surface area contributed by atoms with Gasteiger partial charge in [-0.2, -0.15) is 0 Å². The van der Waals surface area contributed by atoms with Gasteiger partial charge in [-0.1, -0.05) is 13.8 Å². The van der Waals surface area contributed by atoms with Crippen LogP contribution in [0.3, 0.4) is 0 Å². The summed E-state index contributed by atoms with van der Waals surface area (Å²) in [6.45, 7) is 5.24. The third-order valence-corrected chi connectivity index (χ3v) is 4.31. The molecule has 0 aliphatic carbocycles. The number of thiophene rings is 1. The van der Waals surface area contributed by atoms with Gasteiger partial charge in [-0.05, 0) is 17.9 Å². The summed E-state index contributed by atoms with van der Waals surface area (Å²) in [6.07, 6.45) is 1.21. The van der Waals surface area contributed by atoms with Crippen molar-refractivity contribution in [2.75, 3.05) is 12.3 Å². The van der Waals surface area contributed by atoms with Crippen LogP contribution in [0.4, 0.5) is 5.00 Å². The molecule has 1 aliphatic rings. The molecule has 5 nitrogen and oxygen atoms in total. The predicted molar refractivity (Wildman–Crippen MR) is 75.8 cm³/mol. The summed E-state index contributed by atoms with van der Waals surface area (Å²) < 4.78 is 0. The summed E-state index contributed by atoms with van der Waals surface area (Å²) >= 11 is 1.37. The molecule has 2 heterocycles. The van der Waals surface area contributed by atoms with Crippen molar-refractivity contribution in [2.45, 2.75) is 33.2 Å². The maximum absolute atomic E-state index is 12.1. The van der Waals surface area contributed by atoms with Gasteiger partial charge in [0.05, 0.1) is 17.1 Å². The zero-order valence-electron chi connectivity index (χ0n) is 11.2. The Hall–Kier alpha value is -1.56. The topological polar surface area (TPSA) is 89.4 Å². The Kier molecular flexibility index (Phi) is 3.80. The van der Waals surface area contributed by atoms with Crippen LogP contribution in [0.2, 0.25) is 0 Å². The Bertz CT molecular complexity index is 522. The van der Waals surface area contributed by atoms with Crippen LogP contribution in [0, 0.1) is 5.92 Å². The first kappa shape index (κ1) is 13.9. The number of primary amides is 1. The van der Waals surface area contributed by atoms with Crippen molar-refractivity contribution in [2.24, 2.45) is 11.7 Å². The van der Waals surface area contributed by atoms with Gasteiger partial charge in [-0.3, -0.25) is 9.59 Å². The molecular weight excluding hydrogens is 262 g/mol. The molecule has 0 aromatic carbocycles. The fourth-order valence-corrected chi connectivity index (χ4v) is 3.53. The van der Waals surface area contributed by atoms with Gasteiger partial charge < -0.3 is 16.4 Å². The zero-order valence-corrected chi connectivity index (χ0v) is 12.0. The number of fused-ring (bicyclic) bond motifs is 1. The van der Waals surface area contributed by atoms with Crippen molar-refractivity contribution in [1.29, 1.82) is 0 Å². The molecule has 6 heteroatoms. The van der Waals surface area contributed by atoms with Crippen LogP contribution in [-0.4, -0.2) is 23.3 Å². The number of anilines is 1. The number of hydrogen-bond donors (Lipinski definition) is 2. The van der Waals surface area contributed by atoms with Crippen LogP contribution in [0.5, 0.6) is 0 Å². The maximum Gasteiger partial charge on any atom is 0.251 e. The van der Waals surface area contributed by atoms with Crippen molar-refractivity contribution in [1.82, 2.24) is 4.90 Å². The number of nitrogen functional groups attached to an aromatic ring is 1. The van der Waals surface area contributed by atoms with Crippen LogP contribution in [0.15, 0.2) is 0 Å². The highest BCUT2D eigenvalue weighted by molar-refractivity contribution is 7.16. The fraction of sp³-hybridized carbons (Fsp3) is 0.538. The van der Waals surface area contributed by atoms with Gasteiger partial charge in [0.1, 0.15) is 0 Å². The van der Waals surface area contributed by atoms with Gasteiger partial charge in [0.15, 0.2) is 0 Å². The van der Waals surface area contributed by atoms with E-state index in [1.165, 1.54) is 11.3 Å². The molecule has 1 aromatic rings. The molecular formula is C13H19N3O2S. The van der Waals surface area contributed by atoms with E-state index in [9.17, 15) is 9.59 Å². The number of amides is 2. The molecule has 1 aliphatic heterocycles. The van der Waals surface area contributed by atoms with E-state index < -0.39 is 5.91 Å². The number of carbonyl (C=O) groups is 2. The number of carbonyl (C=O) groups excluding carboxylic acids is 2. The summed E-state index contributed by atoms with van der Waals surface area (Å²) in [7, 11) is 0. The molecule has 0 spiro atoms. The van der Waals surface area contributed by atoms with E-state index in [2.05, 4.69) is 0 Å². The van der Waals surface area contributed by atoms with Crippen LogP contribution in [-0.2, 0) is 17.8 Å². The van der Waals surface area contributed by atoms with Gasteiger partial charge in [-0.25, -0.2) is 0 Å². The average molecular weight is 281 g/mol. The average Bonchev–Trinajstić information content (AvgIpc) is 2.62. The first-order valence-corrected chi connectivity index (χ1v) is 7.19. The van der Waals surface area contributed by atoms with Gasteiger partial charge >= 0.3 is 0 Å². The lowest BCUT2D eigenvalue weighted by atomic mass is 10.0. The summed E-state index contributed by atoms with van der Waals surface area (Å²) in [6, 6.07) is 0. The number of rotatable bonds is 3. The van der Waals surface area contributed by atoms with E-state index in [-0.39, 0.29) is 5.91 Å². The minimum Gasteiger partial charge on any atom is -0.390 e. The van der Waals surface area contributed by atoms with E-state index in [1.54, 1.807) is 0 Å². The Balaban J connectivity index is 2.19. The molecule has 0 fully saturated rings. The van der Waals surface area contributed by atoms with Crippen molar-refractivity contribution in [3.63, 3.8) is 0 Å². The first-order chi connectivity index (χ1) is 8.90. The molecule has 0 bridgehead atoms. The smallest absolute Gasteiger partial charge is 0.251 e. The molecule has 4 N–H and O–H groups in total. The highest BCUT2D eigenvalue weighted by atomic mass is 32.1. The Morgan fingerprint density at radius 1 is 1.42 bits per heavy atom. The normalized spacial score (nSPS) is 14.6. The summed E-state index contributed by atoms with van der Waals surface area (Å²) in [5.41, 5.74) is 12.6. The lowest BCUT2D eigenvalue weighted by molar-refractivity contribution is -0.132. The van der Waals surface area contributed by atoms with Crippen molar-refractivity contribution in [3.8, 4) is 0 Å². The van der Waals surface area contributed by atoms with Crippen molar-refractivity contribution in [3.05, 3.63) is 16.0 Å². The van der Waals surface area contributed by atoms with Gasteiger partial charge in [-0.15, -0.1) is 11.3 Å². The highest BCUT2D eigenvalue weighted by Crippen LogP contribution is 2.35. The Labute approximate surface area is 116 Å². The highest BCUT2D eigenvalue weighted by Gasteiger charge is 2.27. The van der Waals surface area contributed by atoms with Crippen molar-refractivity contribution >= 4 is 28.2 Å². The first-order valence-electron chi connectivity index (χ1n) is 6.37. The van der Waals surface area contributed by atoms with Crippen LogP contribution >= 0.6 is 11.3 Å². The van der Waals surface area contributed by atoms with Gasteiger partial charge in [0.25, 0.3) is 5.91 Å². The third kappa shape index (κ3) is 2.73. The summed E-state index contributed by atoms with van der Waals surface area (Å²) in [4.78, 5) is 26.3. The maximum atomic E-state index is 12.1. The molecule has 2 rings (SSSR count). The number of hydrogen-bond acceptors (Lipinski definition) is 4. The lowest BCUT2D eigenvalue weighted by Gasteiger charge is -2.27. The van der Waals surface area contributed by atoms with E-state index in [0.717, 1.165) is 10.4 Å². The molecule has 0 radical (unpaired) electrons. The summed E-state index contributed by atoms with van der Waals surface area (Å²) in [5.74, 6) is 0.0358.